The SMILES string of the molecule is COc1ccccc1C[C@H](C)NN1CCN(C)CC1. The highest BCUT2D eigenvalue weighted by Crippen LogP contribution is 2.18. The third-order valence-electron chi connectivity index (χ3n) is 3.62. The van der Waals surface area contributed by atoms with Crippen LogP contribution in [0.1, 0.15) is 12.5 Å². The molecule has 1 aromatic carbocycles. The number of likely N-dealkylation sites (N-methyl/N-ethyl adjacent to an activating group) is 1. The van der Waals surface area contributed by atoms with Gasteiger partial charge in [0.15, 0.2) is 0 Å². The van der Waals surface area contributed by atoms with Crippen LogP contribution in [0.2, 0.25) is 0 Å². The number of para-hydroxylation sites is 1. The molecule has 1 heterocycles. The quantitative estimate of drug-likeness (QED) is 0.868. The molecule has 0 bridgehead atoms. The molecule has 106 valence electrons. The summed E-state index contributed by atoms with van der Waals surface area (Å²) in [5.74, 6) is 0.981. The lowest BCUT2D eigenvalue weighted by molar-refractivity contribution is 0.0898. The number of hydrogen-bond donors (Lipinski definition) is 1. The first-order chi connectivity index (χ1) is 9.19. The van der Waals surface area contributed by atoms with Gasteiger partial charge in [0.2, 0.25) is 0 Å². The number of hydrazine groups is 1. The molecule has 0 unspecified atom stereocenters. The van der Waals surface area contributed by atoms with E-state index in [0.717, 1.165) is 38.3 Å². The van der Waals surface area contributed by atoms with Crippen LogP contribution in [0.5, 0.6) is 5.75 Å². The molecular formula is C15H25N3O. The van der Waals surface area contributed by atoms with Gasteiger partial charge in [-0.05, 0) is 32.0 Å². The summed E-state index contributed by atoms with van der Waals surface area (Å²) < 4.78 is 5.40. The second-order valence-corrected chi connectivity index (χ2v) is 5.34. The molecule has 1 aromatic rings. The van der Waals surface area contributed by atoms with Gasteiger partial charge in [0.05, 0.1) is 7.11 Å². The van der Waals surface area contributed by atoms with Crippen molar-refractivity contribution in [1.82, 2.24) is 15.3 Å². The van der Waals surface area contributed by atoms with E-state index in [0.29, 0.717) is 6.04 Å². The molecule has 0 spiro atoms. The molecular weight excluding hydrogens is 238 g/mol. The fourth-order valence-electron chi connectivity index (χ4n) is 2.49. The highest BCUT2D eigenvalue weighted by atomic mass is 16.5. The molecule has 19 heavy (non-hydrogen) atoms. The topological polar surface area (TPSA) is 27.7 Å². The van der Waals surface area contributed by atoms with Crippen LogP contribution in [0.25, 0.3) is 0 Å². The molecule has 1 N–H and O–H groups in total. The predicted octanol–water partition coefficient (Wildman–Crippen LogP) is 1.38. The zero-order valence-electron chi connectivity index (χ0n) is 12.2. The minimum atomic E-state index is 0.416. The van der Waals surface area contributed by atoms with Crippen LogP contribution < -0.4 is 10.2 Å². The van der Waals surface area contributed by atoms with Crippen molar-refractivity contribution in [3.8, 4) is 5.75 Å². The van der Waals surface area contributed by atoms with Gasteiger partial charge in [-0.15, -0.1) is 0 Å². The Labute approximate surface area is 116 Å². The molecule has 1 aliphatic rings. The van der Waals surface area contributed by atoms with E-state index in [2.05, 4.69) is 41.4 Å². The smallest absolute Gasteiger partial charge is 0.122 e. The molecule has 0 aliphatic carbocycles. The van der Waals surface area contributed by atoms with Gasteiger partial charge in [0.25, 0.3) is 0 Å². The minimum Gasteiger partial charge on any atom is -0.496 e. The minimum absolute atomic E-state index is 0.416. The van der Waals surface area contributed by atoms with Crippen LogP contribution >= 0.6 is 0 Å². The molecule has 1 aliphatic heterocycles. The molecule has 1 saturated heterocycles. The van der Waals surface area contributed by atoms with Gasteiger partial charge in [-0.3, -0.25) is 5.43 Å². The fraction of sp³-hybridized carbons (Fsp3) is 0.600. The van der Waals surface area contributed by atoms with Gasteiger partial charge < -0.3 is 9.64 Å². The summed E-state index contributed by atoms with van der Waals surface area (Å²) in [7, 11) is 3.91. The zero-order valence-corrected chi connectivity index (χ0v) is 12.2. The number of nitrogens with zero attached hydrogens (tertiary/aromatic N) is 2. The number of nitrogens with one attached hydrogen (secondary N) is 1. The van der Waals surface area contributed by atoms with E-state index < -0.39 is 0 Å². The average molecular weight is 263 g/mol. The number of piperazine rings is 1. The van der Waals surface area contributed by atoms with Crippen LogP contribution in [0.4, 0.5) is 0 Å². The van der Waals surface area contributed by atoms with E-state index in [1.807, 2.05) is 12.1 Å². The van der Waals surface area contributed by atoms with E-state index in [9.17, 15) is 0 Å². The molecule has 0 aromatic heterocycles. The third kappa shape index (κ3) is 4.20. The molecule has 1 atom stereocenters. The summed E-state index contributed by atoms with van der Waals surface area (Å²) in [5, 5.41) is 2.33. The molecule has 0 amide bonds. The van der Waals surface area contributed by atoms with Crippen molar-refractivity contribution in [2.75, 3.05) is 40.3 Å². The predicted molar refractivity (Wildman–Crippen MR) is 78.4 cm³/mol. The first-order valence-electron chi connectivity index (χ1n) is 7.00. The molecule has 4 heteroatoms. The summed E-state index contributed by atoms with van der Waals surface area (Å²) in [4.78, 5) is 2.36. The summed E-state index contributed by atoms with van der Waals surface area (Å²) >= 11 is 0. The summed E-state index contributed by atoms with van der Waals surface area (Å²) in [6.45, 7) is 6.67. The Morgan fingerprint density at radius 3 is 2.58 bits per heavy atom. The lowest BCUT2D eigenvalue weighted by atomic mass is 10.1. The van der Waals surface area contributed by atoms with Crippen molar-refractivity contribution in [3.05, 3.63) is 29.8 Å². The summed E-state index contributed by atoms with van der Waals surface area (Å²) in [5.41, 5.74) is 4.85. The highest BCUT2D eigenvalue weighted by Gasteiger charge is 2.16. The van der Waals surface area contributed by atoms with Gasteiger partial charge in [0, 0.05) is 32.2 Å². The normalized spacial score (nSPS) is 19.3. The Hall–Kier alpha value is -1.10. The Morgan fingerprint density at radius 1 is 1.21 bits per heavy atom. The Bertz CT molecular complexity index is 389. The maximum Gasteiger partial charge on any atom is 0.122 e. The van der Waals surface area contributed by atoms with Crippen molar-refractivity contribution < 1.29 is 4.74 Å². The van der Waals surface area contributed by atoms with E-state index >= 15 is 0 Å². The van der Waals surface area contributed by atoms with Crippen LogP contribution in [-0.2, 0) is 6.42 Å². The molecule has 0 radical (unpaired) electrons. The average Bonchev–Trinajstić information content (AvgIpc) is 2.42. The van der Waals surface area contributed by atoms with Gasteiger partial charge in [-0.25, -0.2) is 5.01 Å². The molecule has 0 saturated carbocycles. The number of hydrogen-bond acceptors (Lipinski definition) is 4. The van der Waals surface area contributed by atoms with E-state index in [4.69, 9.17) is 4.74 Å². The van der Waals surface area contributed by atoms with Crippen LogP contribution in [0, 0.1) is 0 Å². The van der Waals surface area contributed by atoms with Crippen molar-refractivity contribution in [2.45, 2.75) is 19.4 Å². The second-order valence-electron chi connectivity index (χ2n) is 5.34. The largest absolute Gasteiger partial charge is 0.496 e. The van der Waals surface area contributed by atoms with Gasteiger partial charge in [0.1, 0.15) is 5.75 Å². The molecule has 4 nitrogen and oxygen atoms in total. The van der Waals surface area contributed by atoms with Crippen LogP contribution in [-0.4, -0.2) is 56.3 Å². The van der Waals surface area contributed by atoms with E-state index in [1.165, 1.54) is 5.56 Å². The summed E-state index contributed by atoms with van der Waals surface area (Å²) in [6, 6.07) is 8.67. The fourth-order valence-corrected chi connectivity index (χ4v) is 2.49. The maximum atomic E-state index is 5.40. The Kier molecular flexibility index (Phi) is 5.19. The maximum absolute atomic E-state index is 5.40. The summed E-state index contributed by atoms with van der Waals surface area (Å²) in [6.07, 6.45) is 0.982. The second kappa shape index (κ2) is 6.89. The highest BCUT2D eigenvalue weighted by molar-refractivity contribution is 5.33. The first-order valence-corrected chi connectivity index (χ1v) is 7.00. The van der Waals surface area contributed by atoms with E-state index in [-0.39, 0.29) is 0 Å². The molecule has 1 fully saturated rings. The third-order valence-corrected chi connectivity index (χ3v) is 3.62. The van der Waals surface area contributed by atoms with Crippen LogP contribution in [0.3, 0.4) is 0 Å². The number of benzene rings is 1. The first kappa shape index (κ1) is 14.3. The van der Waals surface area contributed by atoms with Gasteiger partial charge in [-0.1, -0.05) is 18.2 Å². The lowest BCUT2D eigenvalue weighted by Crippen LogP contribution is -2.53. The van der Waals surface area contributed by atoms with Crippen molar-refractivity contribution in [2.24, 2.45) is 0 Å². The standard InChI is InChI=1S/C15H25N3O/c1-13(16-18-10-8-17(2)9-11-18)12-14-6-4-5-7-15(14)19-3/h4-7,13,16H,8-12H2,1-3H3/t13-/m0/s1. The number of ether oxygens (including phenoxy) is 1. The van der Waals surface area contributed by atoms with Gasteiger partial charge >= 0.3 is 0 Å². The van der Waals surface area contributed by atoms with E-state index in [1.54, 1.807) is 7.11 Å². The van der Waals surface area contributed by atoms with Gasteiger partial charge in [-0.2, -0.15) is 0 Å². The molecule has 2 rings (SSSR count). The monoisotopic (exact) mass is 263 g/mol. The lowest BCUT2D eigenvalue weighted by Gasteiger charge is -2.34. The van der Waals surface area contributed by atoms with Crippen LogP contribution in [0.15, 0.2) is 24.3 Å². The Balaban J connectivity index is 1.85. The Morgan fingerprint density at radius 2 is 1.89 bits per heavy atom. The zero-order chi connectivity index (χ0) is 13.7. The van der Waals surface area contributed by atoms with Crippen molar-refractivity contribution in [3.63, 3.8) is 0 Å². The number of rotatable bonds is 5. The van der Waals surface area contributed by atoms with Crippen molar-refractivity contribution in [1.29, 1.82) is 0 Å². The van der Waals surface area contributed by atoms with Crippen molar-refractivity contribution >= 4 is 0 Å². The number of methoxy groups -OCH3 is 1.